The van der Waals surface area contributed by atoms with Crippen LogP contribution in [0.2, 0.25) is 0 Å². The number of aliphatic hydroxyl groups is 2. The first kappa shape index (κ1) is 17.3. The van der Waals surface area contributed by atoms with Gasteiger partial charge in [0.05, 0.1) is 10.5 Å². The van der Waals surface area contributed by atoms with Crippen LogP contribution in [0.4, 0.5) is 5.69 Å². The van der Waals surface area contributed by atoms with Crippen LogP contribution in [0.5, 0.6) is 0 Å². The van der Waals surface area contributed by atoms with Crippen LogP contribution < -0.4 is 5.32 Å². The fraction of sp³-hybridized carbons (Fsp3) is 0.111. The number of carbonyl (C=O) groups excluding carboxylic acids is 2. The number of rotatable bonds is 4. The number of hydrogen-bond donors (Lipinski definition) is 3. The molecule has 1 atom stereocenters. The highest BCUT2D eigenvalue weighted by molar-refractivity contribution is 6.26. The average Bonchev–Trinajstić information content (AvgIpc) is 2.65. The number of nitro groups is 1. The first-order valence-electron chi connectivity index (χ1n) is 7.66. The Hall–Kier alpha value is -3.52. The molecule has 1 amide bonds. The molecule has 0 saturated heterocycles. The zero-order chi connectivity index (χ0) is 18.8. The highest BCUT2D eigenvalue weighted by Crippen LogP contribution is 2.33. The van der Waals surface area contributed by atoms with Crippen LogP contribution >= 0.6 is 0 Å². The zero-order valence-corrected chi connectivity index (χ0v) is 13.4. The lowest BCUT2D eigenvalue weighted by Crippen LogP contribution is -2.34. The number of fused-ring (bicyclic) bond motifs is 1. The van der Waals surface area contributed by atoms with Crippen LogP contribution in [-0.2, 0) is 11.3 Å². The number of benzene rings is 2. The molecule has 26 heavy (non-hydrogen) atoms. The van der Waals surface area contributed by atoms with E-state index in [1.54, 1.807) is 24.3 Å². The van der Waals surface area contributed by atoms with Crippen LogP contribution in [0.15, 0.2) is 54.3 Å². The Morgan fingerprint density at radius 2 is 1.85 bits per heavy atom. The number of carbonyl (C=O) groups is 2. The Bertz CT molecular complexity index is 936. The second-order valence-electron chi connectivity index (χ2n) is 5.68. The molecular formula is C18H14N2O6. The second kappa shape index (κ2) is 6.77. The predicted octanol–water partition coefficient (Wildman–Crippen LogP) is 1.74. The normalized spacial score (nSPS) is 16.2. The molecule has 8 heteroatoms. The van der Waals surface area contributed by atoms with Gasteiger partial charge in [-0.1, -0.05) is 30.3 Å². The Balaban J connectivity index is 1.96. The van der Waals surface area contributed by atoms with Gasteiger partial charge in [0.2, 0.25) is 0 Å². The molecule has 3 N–H and O–H groups in total. The van der Waals surface area contributed by atoms with E-state index in [1.807, 2.05) is 6.07 Å². The van der Waals surface area contributed by atoms with Gasteiger partial charge in [-0.2, -0.15) is 0 Å². The molecule has 1 unspecified atom stereocenters. The molecule has 2 aromatic carbocycles. The molecular weight excluding hydrogens is 340 g/mol. The van der Waals surface area contributed by atoms with Crippen molar-refractivity contribution in [1.82, 2.24) is 5.32 Å². The highest BCUT2D eigenvalue weighted by Gasteiger charge is 2.36. The Morgan fingerprint density at radius 1 is 1.15 bits per heavy atom. The van der Waals surface area contributed by atoms with Gasteiger partial charge >= 0.3 is 0 Å². The summed E-state index contributed by atoms with van der Waals surface area (Å²) >= 11 is 0. The lowest BCUT2D eigenvalue weighted by atomic mass is 9.86. The summed E-state index contributed by atoms with van der Waals surface area (Å²) in [7, 11) is 0. The van der Waals surface area contributed by atoms with E-state index < -0.39 is 28.5 Å². The average molecular weight is 354 g/mol. The van der Waals surface area contributed by atoms with Crippen LogP contribution in [0.25, 0.3) is 5.57 Å². The second-order valence-corrected chi connectivity index (χ2v) is 5.68. The molecule has 0 aromatic heterocycles. The number of Topliss-reactive ketones (excluding diaryl/α,β-unsaturated/α-hetero) is 1. The Morgan fingerprint density at radius 3 is 2.50 bits per heavy atom. The minimum atomic E-state index is -1.94. The molecule has 0 bridgehead atoms. The SMILES string of the molecule is O=C(NCc1ccccc1)C1=C(O)C(O)C(=O)c2cc([N+](=O)[O-])ccc21. The van der Waals surface area contributed by atoms with Gasteiger partial charge < -0.3 is 15.5 Å². The maximum absolute atomic E-state index is 12.5. The molecule has 2 aromatic rings. The largest absolute Gasteiger partial charge is 0.508 e. The fourth-order valence-corrected chi connectivity index (χ4v) is 2.72. The third kappa shape index (κ3) is 3.05. The molecule has 0 radical (unpaired) electrons. The van der Waals surface area contributed by atoms with E-state index in [9.17, 15) is 29.9 Å². The third-order valence-corrected chi connectivity index (χ3v) is 4.04. The van der Waals surface area contributed by atoms with Gasteiger partial charge in [0.15, 0.2) is 11.9 Å². The quantitative estimate of drug-likeness (QED) is 0.566. The van der Waals surface area contributed by atoms with Crippen molar-refractivity contribution < 1.29 is 24.7 Å². The number of hydrogen-bond acceptors (Lipinski definition) is 6. The van der Waals surface area contributed by atoms with Crippen molar-refractivity contribution in [3.63, 3.8) is 0 Å². The van der Waals surface area contributed by atoms with Gasteiger partial charge in [0.1, 0.15) is 5.76 Å². The first-order chi connectivity index (χ1) is 12.4. The Kier molecular flexibility index (Phi) is 4.51. The molecule has 0 aliphatic heterocycles. The fourth-order valence-electron chi connectivity index (χ4n) is 2.72. The van der Waals surface area contributed by atoms with E-state index in [0.717, 1.165) is 17.7 Å². The van der Waals surface area contributed by atoms with Crippen molar-refractivity contribution in [3.8, 4) is 0 Å². The molecule has 0 saturated carbocycles. The molecule has 132 valence electrons. The lowest BCUT2D eigenvalue weighted by Gasteiger charge is -2.22. The van der Waals surface area contributed by atoms with Crippen LogP contribution in [0.3, 0.4) is 0 Å². The molecule has 0 spiro atoms. The van der Waals surface area contributed by atoms with E-state index >= 15 is 0 Å². The van der Waals surface area contributed by atoms with Crippen LogP contribution in [-0.4, -0.2) is 32.9 Å². The van der Waals surface area contributed by atoms with E-state index in [4.69, 9.17) is 0 Å². The zero-order valence-electron chi connectivity index (χ0n) is 13.4. The van der Waals surface area contributed by atoms with Crippen molar-refractivity contribution in [2.24, 2.45) is 0 Å². The minimum absolute atomic E-state index is 0.0361. The van der Waals surface area contributed by atoms with Gasteiger partial charge in [-0.25, -0.2) is 0 Å². The van der Waals surface area contributed by atoms with Gasteiger partial charge in [-0.15, -0.1) is 0 Å². The van der Waals surface area contributed by atoms with E-state index in [1.165, 1.54) is 6.07 Å². The van der Waals surface area contributed by atoms with Gasteiger partial charge in [-0.05, 0) is 11.6 Å². The Labute approximate surface area is 147 Å². The number of amides is 1. The maximum atomic E-state index is 12.5. The number of non-ortho nitro benzene ring substituents is 1. The van der Waals surface area contributed by atoms with E-state index in [-0.39, 0.29) is 28.9 Å². The van der Waals surface area contributed by atoms with Crippen molar-refractivity contribution >= 4 is 23.0 Å². The number of ketones is 1. The maximum Gasteiger partial charge on any atom is 0.270 e. The smallest absolute Gasteiger partial charge is 0.270 e. The summed E-state index contributed by atoms with van der Waals surface area (Å²) in [4.78, 5) is 34.9. The summed E-state index contributed by atoms with van der Waals surface area (Å²) in [5, 5.41) is 33.5. The molecule has 0 heterocycles. The minimum Gasteiger partial charge on any atom is -0.508 e. The predicted molar refractivity (Wildman–Crippen MR) is 91.3 cm³/mol. The summed E-state index contributed by atoms with van der Waals surface area (Å²) in [6.07, 6.45) is -1.94. The van der Waals surface area contributed by atoms with E-state index in [2.05, 4.69) is 5.32 Å². The standard InChI is InChI=1S/C18H14N2O6/c21-15-13-8-11(20(25)26)6-7-12(13)14(16(22)17(15)23)18(24)19-9-10-4-2-1-3-5-10/h1-8,17,22-23H,9H2,(H,19,24). The summed E-state index contributed by atoms with van der Waals surface area (Å²) in [6.45, 7) is 0.169. The van der Waals surface area contributed by atoms with Crippen molar-refractivity contribution in [1.29, 1.82) is 0 Å². The summed E-state index contributed by atoms with van der Waals surface area (Å²) in [5.41, 5.74) is 0.0354. The van der Waals surface area contributed by atoms with Gasteiger partial charge in [0.25, 0.3) is 11.6 Å². The first-order valence-corrected chi connectivity index (χ1v) is 7.66. The third-order valence-electron chi connectivity index (χ3n) is 4.04. The van der Waals surface area contributed by atoms with Crippen LogP contribution in [0, 0.1) is 10.1 Å². The van der Waals surface area contributed by atoms with Gasteiger partial charge in [-0.3, -0.25) is 19.7 Å². The highest BCUT2D eigenvalue weighted by atomic mass is 16.6. The monoisotopic (exact) mass is 354 g/mol. The van der Waals surface area contributed by atoms with Crippen molar-refractivity contribution in [2.75, 3.05) is 0 Å². The van der Waals surface area contributed by atoms with Crippen LogP contribution in [0.1, 0.15) is 21.5 Å². The van der Waals surface area contributed by atoms with E-state index in [0.29, 0.717) is 0 Å². The topological polar surface area (TPSA) is 130 Å². The van der Waals surface area contributed by atoms with Crippen molar-refractivity contribution in [2.45, 2.75) is 12.6 Å². The molecule has 1 aliphatic carbocycles. The number of aliphatic hydroxyl groups excluding tert-OH is 2. The molecule has 1 aliphatic rings. The number of nitrogens with zero attached hydrogens (tertiary/aromatic N) is 1. The number of nitrogens with one attached hydrogen (secondary N) is 1. The molecule has 0 fully saturated rings. The van der Waals surface area contributed by atoms with Gasteiger partial charge in [0, 0.05) is 29.8 Å². The molecule has 3 rings (SSSR count). The lowest BCUT2D eigenvalue weighted by molar-refractivity contribution is -0.384. The molecule has 8 nitrogen and oxygen atoms in total. The summed E-state index contributed by atoms with van der Waals surface area (Å²) in [5.74, 6) is -2.38. The summed E-state index contributed by atoms with van der Waals surface area (Å²) in [6, 6.07) is 12.3. The number of nitro benzene ring substituents is 1. The van der Waals surface area contributed by atoms with Crippen molar-refractivity contribution in [3.05, 3.63) is 81.1 Å². The summed E-state index contributed by atoms with van der Waals surface area (Å²) < 4.78 is 0.